The molecule has 2 rings (SSSR count). The first kappa shape index (κ1) is 10.9. The van der Waals surface area contributed by atoms with Gasteiger partial charge in [-0.1, -0.05) is 6.42 Å². The van der Waals surface area contributed by atoms with Gasteiger partial charge in [0.25, 0.3) is 0 Å². The van der Waals surface area contributed by atoms with Crippen LogP contribution in [-0.2, 0) is 4.79 Å². The molecule has 2 saturated heterocycles. The summed E-state index contributed by atoms with van der Waals surface area (Å²) in [6, 6.07) is 0.474. The first-order valence-electron chi connectivity index (χ1n) is 6.29. The SMILES string of the molecule is CC1CCCN1C(=O)CN1CCCCC1. The normalized spacial score (nSPS) is 28.3. The van der Waals surface area contributed by atoms with Gasteiger partial charge in [-0.05, 0) is 45.7 Å². The first-order chi connectivity index (χ1) is 7.27. The summed E-state index contributed by atoms with van der Waals surface area (Å²) >= 11 is 0. The van der Waals surface area contributed by atoms with Crippen molar-refractivity contribution >= 4 is 5.91 Å². The van der Waals surface area contributed by atoms with Crippen molar-refractivity contribution in [3.8, 4) is 0 Å². The molecular formula is C12H22N2O. The van der Waals surface area contributed by atoms with Crippen LogP contribution in [0.25, 0.3) is 0 Å². The van der Waals surface area contributed by atoms with Crippen LogP contribution in [0.5, 0.6) is 0 Å². The molecule has 86 valence electrons. The minimum Gasteiger partial charge on any atom is -0.339 e. The van der Waals surface area contributed by atoms with Gasteiger partial charge in [0.05, 0.1) is 6.54 Å². The number of carbonyl (C=O) groups is 1. The van der Waals surface area contributed by atoms with Crippen LogP contribution in [0.1, 0.15) is 39.0 Å². The smallest absolute Gasteiger partial charge is 0.236 e. The van der Waals surface area contributed by atoms with Crippen molar-refractivity contribution in [2.45, 2.75) is 45.1 Å². The van der Waals surface area contributed by atoms with E-state index in [1.54, 1.807) is 0 Å². The molecule has 15 heavy (non-hydrogen) atoms. The lowest BCUT2D eigenvalue weighted by Gasteiger charge is -2.29. The van der Waals surface area contributed by atoms with Crippen molar-refractivity contribution in [2.24, 2.45) is 0 Å². The Kier molecular flexibility index (Phi) is 3.62. The zero-order valence-electron chi connectivity index (χ0n) is 9.74. The highest BCUT2D eigenvalue weighted by atomic mass is 16.2. The predicted octanol–water partition coefficient (Wildman–Crippen LogP) is 1.48. The molecule has 2 heterocycles. The average molecular weight is 210 g/mol. The molecule has 0 spiro atoms. The first-order valence-corrected chi connectivity index (χ1v) is 6.29. The minimum absolute atomic E-state index is 0.349. The molecule has 0 N–H and O–H groups in total. The van der Waals surface area contributed by atoms with E-state index >= 15 is 0 Å². The van der Waals surface area contributed by atoms with Crippen LogP contribution in [0.2, 0.25) is 0 Å². The van der Waals surface area contributed by atoms with Crippen molar-refractivity contribution in [2.75, 3.05) is 26.2 Å². The Hall–Kier alpha value is -0.570. The zero-order chi connectivity index (χ0) is 10.7. The molecule has 2 fully saturated rings. The summed E-state index contributed by atoms with van der Waals surface area (Å²) in [5.74, 6) is 0.349. The largest absolute Gasteiger partial charge is 0.339 e. The van der Waals surface area contributed by atoms with E-state index in [9.17, 15) is 4.79 Å². The van der Waals surface area contributed by atoms with Gasteiger partial charge in [-0.3, -0.25) is 9.69 Å². The molecule has 1 unspecified atom stereocenters. The van der Waals surface area contributed by atoms with Crippen molar-refractivity contribution in [3.05, 3.63) is 0 Å². The fourth-order valence-electron chi connectivity index (χ4n) is 2.70. The Bertz CT molecular complexity index is 224. The third-order valence-corrected chi connectivity index (χ3v) is 3.68. The van der Waals surface area contributed by atoms with Crippen LogP contribution in [0, 0.1) is 0 Å². The molecular weight excluding hydrogens is 188 g/mol. The number of amides is 1. The molecule has 1 amide bonds. The fourth-order valence-corrected chi connectivity index (χ4v) is 2.70. The molecule has 2 aliphatic rings. The maximum absolute atomic E-state index is 12.0. The van der Waals surface area contributed by atoms with E-state index in [1.807, 2.05) is 0 Å². The van der Waals surface area contributed by atoms with Gasteiger partial charge in [0.15, 0.2) is 0 Å². The number of hydrogen-bond acceptors (Lipinski definition) is 2. The Morgan fingerprint density at radius 3 is 2.47 bits per heavy atom. The average Bonchev–Trinajstić information content (AvgIpc) is 2.66. The fraction of sp³-hybridized carbons (Fsp3) is 0.917. The van der Waals surface area contributed by atoms with Crippen LogP contribution in [-0.4, -0.2) is 47.9 Å². The van der Waals surface area contributed by atoms with E-state index in [2.05, 4.69) is 16.7 Å². The number of rotatable bonds is 2. The number of piperidine rings is 1. The molecule has 0 aromatic heterocycles. The van der Waals surface area contributed by atoms with Crippen LogP contribution in [0.15, 0.2) is 0 Å². The van der Waals surface area contributed by atoms with Gasteiger partial charge < -0.3 is 4.90 Å². The van der Waals surface area contributed by atoms with Gasteiger partial charge in [-0.2, -0.15) is 0 Å². The second-order valence-electron chi connectivity index (χ2n) is 4.92. The molecule has 0 bridgehead atoms. The summed E-state index contributed by atoms with van der Waals surface area (Å²) in [4.78, 5) is 16.4. The Morgan fingerprint density at radius 2 is 1.87 bits per heavy atom. The standard InChI is InChI=1S/C12H22N2O/c1-11-6-5-9-14(11)12(15)10-13-7-3-2-4-8-13/h11H,2-10H2,1H3. The van der Waals surface area contributed by atoms with E-state index in [1.165, 1.54) is 32.1 Å². The van der Waals surface area contributed by atoms with E-state index in [4.69, 9.17) is 0 Å². The van der Waals surface area contributed by atoms with E-state index in [0.29, 0.717) is 18.5 Å². The quantitative estimate of drug-likeness (QED) is 0.689. The number of hydrogen-bond donors (Lipinski definition) is 0. The van der Waals surface area contributed by atoms with Gasteiger partial charge >= 0.3 is 0 Å². The van der Waals surface area contributed by atoms with E-state index < -0.39 is 0 Å². The summed E-state index contributed by atoms with van der Waals surface area (Å²) in [6.07, 6.45) is 6.25. The van der Waals surface area contributed by atoms with Crippen LogP contribution < -0.4 is 0 Å². The van der Waals surface area contributed by atoms with Crippen LogP contribution in [0.4, 0.5) is 0 Å². The van der Waals surface area contributed by atoms with Gasteiger partial charge in [-0.15, -0.1) is 0 Å². The van der Waals surface area contributed by atoms with E-state index in [0.717, 1.165) is 19.6 Å². The molecule has 3 nitrogen and oxygen atoms in total. The second-order valence-corrected chi connectivity index (χ2v) is 4.92. The van der Waals surface area contributed by atoms with Crippen molar-refractivity contribution in [1.82, 2.24) is 9.80 Å². The predicted molar refractivity (Wildman–Crippen MR) is 60.7 cm³/mol. The van der Waals surface area contributed by atoms with Crippen molar-refractivity contribution < 1.29 is 4.79 Å². The minimum atomic E-state index is 0.349. The maximum atomic E-state index is 12.0. The molecule has 2 aliphatic heterocycles. The molecule has 0 aromatic carbocycles. The van der Waals surface area contributed by atoms with Gasteiger partial charge in [-0.25, -0.2) is 0 Å². The Labute approximate surface area is 92.4 Å². The monoisotopic (exact) mass is 210 g/mol. The zero-order valence-corrected chi connectivity index (χ0v) is 9.74. The lowest BCUT2D eigenvalue weighted by molar-refractivity contribution is -0.133. The summed E-state index contributed by atoms with van der Waals surface area (Å²) < 4.78 is 0. The lowest BCUT2D eigenvalue weighted by atomic mass is 10.1. The van der Waals surface area contributed by atoms with Gasteiger partial charge in [0, 0.05) is 12.6 Å². The molecule has 0 radical (unpaired) electrons. The second kappa shape index (κ2) is 4.97. The lowest BCUT2D eigenvalue weighted by Crippen LogP contribution is -2.43. The molecule has 3 heteroatoms. The van der Waals surface area contributed by atoms with Gasteiger partial charge in [0.1, 0.15) is 0 Å². The highest BCUT2D eigenvalue weighted by Crippen LogP contribution is 2.17. The highest BCUT2D eigenvalue weighted by Gasteiger charge is 2.26. The molecule has 1 atom stereocenters. The number of nitrogens with zero attached hydrogens (tertiary/aromatic N) is 2. The third-order valence-electron chi connectivity index (χ3n) is 3.68. The third kappa shape index (κ3) is 2.71. The summed E-state index contributed by atoms with van der Waals surface area (Å²) in [7, 11) is 0. The van der Waals surface area contributed by atoms with Crippen LogP contribution >= 0.6 is 0 Å². The Morgan fingerprint density at radius 1 is 1.13 bits per heavy atom. The summed E-state index contributed by atoms with van der Waals surface area (Å²) in [5, 5.41) is 0. The topological polar surface area (TPSA) is 23.6 Å². The molecule has 0 saturated carbocycles. The van der Waals surface area contributed by atoms with Gasteiger partial charge in [0.2, 0.25) is 5.91 Å². The number of carbonyl (C=O) groups excluding carboxylic acids is 1. The van der Waals surface area contributed by atoms with E-state index in [-0.39, 0.29) is 0 Å². The van der Waals surface area contributed by atoms with Crippen molar-refractivity contribution in [1.29, 1.82) is 0 Å². The number of likely N-dealkylation sites (tertiary alicyclic amines) is 2. The summed E-state index contributed by atoms with van der Waals surface area (Å²) in [5.41, 5.74) is 0. The highest BCUT2D eigenvalue weighted by molar-refractivity contribution is 5.78. The van der Waals surface area contributed by atoms with Crippen LogP contribution in [0.3, 0.4) is 0 Å². The molecule has 0 aromatic rings. The molecule has 0 aliphatic carbocycles. The Balaban J connectivity index is 1.80. The maximum Gasteiger partial charge on any atom is 0.236 e. The summed E-state index contributed by atoms with van der Waals surface area (Å²) in [6.45, 7) is 6.04. The van der Waals surface area contributed by atoms with Crippen molar-refractivity contribution in [3.63, 3.8) is 0 Å².